The monoisotopic (exact) mass is 334 g/mol. The average molecular weight is 335 g/mol. The number of hydrogen-bond donors (Lipinski definition) is 1. The Morgan fingerprint density at radius 2 is 2.14 bits per heavy atom. The third kappa shape index (κ3) is 3.19. The predicted octanol–water partition coefficient (Wildman–Crippen LogP) is 1.84. The van der Waals surface area contributed by atoms with Gasteiger partial charge in [-0.05, 0) is 12.1 Å². The second-order valence-corrected chi connectivity index (χ2v) is 6.43. The Bertz CT molecular complexity index is 818. The van der Waals surface area contributed by atoms with E-state index in [2.05, 4.69) is 14.7 Å². The summed E-state index contributed by atoms with van der Waals surface area (Å²) in [5.74, 6) is -3.26. The highest BCUT2D eigenvalue weighted by Crippen LogP contribution is 2.26. The fourth-order valence-corrected chi connectivity index (χ4v) is 2.95. The number of aromatic carboxylic acids is 1. The first kappa shape index (κ1) is 15.4. The fraction of sp³-hybridized carbons (Fsp3) is 0.182. The van der Waals surface area contributed by atoms with Crippen molar-refractivity contribution in [1.82, 2.24) is 10.1 Å². The molecule has 0 fully saturated rings. The second-order valence-electron chi connectivity index (χ2n) is 4.06. The molecule has 0 atom stereocenters. The minimum absolute atomic E-state index is 0.111. The number of benzene rings is 1. The maximum atomic E-state index is 13.6. The lowest BCUT2D eigenvalue weighted by Crippen LogP contribution is -2.09. The van der Waals surface area contributed by atoms with Crippen LogP contribution in [-0.4, -0.2) is 29.6 Å². The SMILES string of the molecule is Cc1nc(CS(=O)(=O)c2cc(F)c(Cl)c(C(=O)O)c2)no1. The van der Waals surface area contributed by atoms with Crippen LogP contribution in [0.15, 0.2) is 21.6 Å². The molecule has 1 heterocycles. The Hall–Kier alpha value is -2.00. The summed E-state index contributed by atoms with van der Waals surface area (Å²) in [6.07, 6.45) is 0. The number of carbonyl (C=O) groups is 1. The molecule has 2 aromatic rings. The van der Waals surface area contributed by atoms with E-state index in [4.69, 9.17) is 16.7 Å². The van der Waals surface area contributed by atoms with Crippen LogP contribution >= 0.6 is 11.6 Å². The van der Waals surface area contributed by atoms with E-state index in [9.17, 15) is 17.6 Å². The molecule has 0 bridgehead atoms. The molecule has 0 aliphatic heterocycles. The first-order valence-corrected chi connectivity index (χ1v) is 7.48. The summed E-state index contributed by atoms with van der Waals surface area (Å²) >= 11 is 5.48. The summed E-state index contributed by atoms with van der Waals surface area (Å²) in [7, 11) is -4.04. The summed E-state index contributed by atoms with van der Waals surface area (Å²) in [4.78, 5) is 14.1. The van der Waals surface area contributed by atoms with Crippen LogP contribution in [0.2, 0.25) is 5.02 Å². The number of sulfone groups is 1. The number of halogens is 2. The molecule has 10 heteroatoms. The summed E-state index contributed by atoms with van der Waals surface area (Å²) in [6.45, 7) is 1.48. The van der Waals surface area contributed by atoms with Crippen LogP contribution in [0.4, 0.5) is 4.39 Å². The normalized spacial score (nSPS) is 11.6. The topological polar surface area (TPSA) is 110 Å². The van der Waals surface area contributed by atoms with Crippen molar-refractivity contribution in [1.29, 1.82) is 0 Å². The van der Waals surface area contributed by atoms with Gasteiger partial charge in [-0.1, -0.05) is 16.8 Å². The first-order chi connectivity index (χ1) is 9.70. The molecule has 0 radical (unpaired) electrons. The van der Waals surface area contributed by atoms with E-state index in [0.29, 0.717) is 6.07 Å². The van der Waals surface area contributed by atoms with Crippen molar-refractivity contribution in [2.75, 3.05) is 0 Å². The van der Waals surface area contributed by atoms with Crippen molar-refractivity contribution in [2.24, 2.45) is 0 Å². The van der Waals surface area contributed by atoms with Crippen molar-refractivity contribution >= 4 is 27.4 Å². The number of aromatic nitrogens is 2. The van der Waals surface area contributed by atoms with E-state index in [1.807, 2.05) is 0 Å². The third-order valence-corrected chi connectivity index (χ3v) is 4.46. The summed E-state index contributed by atoms with van der Waals surface area (Å²) in [5.41, 5.74) is -0.639. The first-order valence-electron chi connectivity index (χ1n) is 5.45. The molecule has 7 nitrogen and oxygen atoms in total. The zero-order valence-corrected chi connectivity index (χ0v) is 12.1. The highest BCUT2D eigenvalue weighted by atomic mass is 35.5. The van der Waals surface area contributed by atoms with E-state index in [1.54, 1.807) is 0 Å². The molecule has 1 aromatic heterocycles. The molecule has 0 unspecified atom stereocenters. The lowest BCUT2D eigenvalue weighted by molar-refractivity contribution is 0.0696. The Morgan fingerprint density at radius 3 is 2.67 bits per heavy atom. The standard InChI is InChI=1S/C11H8ClFN2O5S/c1-5-14-9(15-20-5)4-21(18,19)6-2-7(11(16)17)10(12)8(13)3-6/h2-3H,4H2,1H3,(H,16,17). The van der Waals surface area contributed by atoms with Crippen molar-refractivity contribution in [3.63, 3.8) is 0 Å². The van der Waals surface area contributed by atoms with Crippen LogP contribution in [-0.2, 0) is 15.6 Å². The van der Waals surface area contributed by atoms with Gasteiger partial charge in [-0.15, -0.1) is 0 Å². The van der Waals surface area contributed by atoms with Gasteiger partial charge < -0.3 is 9.63 Å². The third-order valence-electron chi connectivity index (χ3n) is 2.48. The number of rotatable bonds is 4. The summed E-state index contributed by atoms with van der Waals surface area (Å²) < 4.78 is 42.4. The minimum atomic E-state index is -4.04. The average Bonchev–Trinajstić information content (AvgIpc) is 2.76. The molecule has 1 aromatic carbocycles. The quantitative estimate of drug-likeness (QED) is 0.908. The predicted molar refractivity (Wildman–Crippen MR) is 68.3 cm³/mol. The molecule has 21 heavy (non-hydrogen) atoms. The Morgan fingerprint density at radius 1 is 1.48 bits per heavy atom. The zero-order valence-electron chi connectivity index (χ0n) is 10.5. The van der Waals surface area contributed by atoms with Crippen LogP contribution in [0.25, 0.3) is 0 Å². The van der Waals surface area contributed by atoms with Crippen LogP contribution < -0.4 is 0 Å². The molecular formula is C11H8ClFN2O5S. The molecule has 0 aliphatic carbocycles. The molecule has 0 amide bonds. The summed E-state index contributed by atoms with van der Waals surface area (Å²) in [6, 6.07) is 1.44. The van der Waals surface area contributed by atoms with Gasteiger partial charge in [-0.25, -0.2) is 17.6 Å². The Labute approximate surface area is 123 Å². The molecule has 2 rings (SSSR count). The minimum Gasteiger partial charge on any atom is -0.478 e. The summed E-state index contributed by atoms with van der Waals surface area (Å²) in [5, 5.41) is 11.7. The smallest absolute Gasteiger partial charge is 0.337 e. The number of nitrogens with zero attached hydrogens (tertiary/aromatic N) is 2. The van der Waals surface area contributed by atoms with Gasteiger partial charge in [0.2, 0.25) is 5.89 Å². The number of carboxylic acids is 1. The molecule has 112 valence electrons. The van der Waals surface area contributed by atoms with E-state index < -0.39 is 42.9 Å². The lowest BCUT2D eigenvalue weighted by atomic mass is 10.2. The fourth-order valence-electron chi connectivity index (χ4n) is 1.55. The van der Waals surface area contributed by atoms with Gasteiger partial charge in [-0.2, -0.15) is 4.98 Å². The number of carboxylic acid groups (broad SMARTS) is 1. The van der Waals surface area contributed by atoms with Gasteiger partial charge in [0, 0.05) is 6.92 Å². The van der Waals surface area contributed by atoms with E-state index >= 15 is 0 Å². The molecule has 0 saturated carbocycles. The molecule has 0 spiro atoms. The Balaban J connectivity index is 2.47. The van der Waals surface area contributed by atoms with Gasteiger partial charge in [-0.3, -0.25) is 0 Å². The van der Waals surface area contributed by atoms with Gasteiger partial charge in [0.1, 0.15) is 11.6 Å². The van der Waals surface area contributed by atoms with E-state index in [-0.39, 0.29) is 11.7 Å². The molecule has 0 aliphatic rings. The molecule has 0 saturated heterocycles. The Kier molecular flexibility index (Phi) is 3.97. The highest BCUT2D eigenvalue weighted by molar-refractivity contribution is 7.90. The largest absolute Gasteiger partial charge is 0.478 e. The van der Waals surface area contributed by atoms with Crippen LogP contribution in [0.1, 0.15) is 22.1 Å². The van der Waals surface area contributed by atoms with Crippen molar-refractivity contribution in [3.8, 4) is 0 Å². The van der Waals surface area contributed by atoms with Gasteiger partial charge in [0.05, 0.1) is 15.5 Å². The lowest BCUT2D eigenvalue weighted by Gasteiger charge is -2.06. The molecule has 1 N–H and O–H groups in total. The van der Waals surface area contributed by atoms with Crippen molar-refractivity contribution in [2.45, 2.75) is 17.6 Å². The highest BCUT2D eigenvalue weighted by Gasteiger charge is 2.24. The van der Waals surface area contributed by atoms with E-state index in [0.717, 1.165) is 6.07 Å². The van der Waals surface area contributed by atoms with Crippen molar-refractivity contribution in [3.05, 3.63) is 40.3 Å². The zero-order chi connectivity index (χ0) is 15.8. The van der Waals surface area contributed by atoms with Gasteiger partial charge in [0.15, 0.2) is 15.7 Å². The van der Waals surface area contributed by atoms with Crippen LogP contribution in [0, 0.1) is 12.7 Å². The number of hydrogen-bond acceptors (Lipinski definition) is 6. The van der Waals surface area contributed by atoms with Gasteiger partial charge in [0.25, 0.3) is 0 Å². The van der Waals surface area contributed by atoms with Gasteiger partial charge >= 0.3 is 5.97 Å². The maximum Gasteiger partial charge on any atom is 0.337 e. The van der Waals surface area contributed by atoms with E-state index in [1.165, 1.54) is 6.92 Å². The number of aryl methyl sites for hydroxylation is 1. The molecular weight excluding hydrogens is 327 g/mol. The second kappa shape index (κ2) is 5.41. The maximum absolute atomic E-state index is 13.6. The van der Waals surface area contributed by atoms with Crippen LogP contribution in [0.5, 0.6) is 0 Å². The van der Waals surface area contributed by atoms with Crippen LogP contribution in [0.3, 0.4) is 0 Å². The van der Waals surface area contributed by atoms with Crippen molar-refractivity contribution < 1.29 is 27.2 Å².